The number of aliphatic hydroxyl groups excluding tert-OH is 2. The molecule has 2 atom stereocenters. The van der Waals surface area contributed by atoms with Gasteiger partial charge in [-0.3, -0.25) is 5.32 Å². The lowest BCUT2D eigenvalue weighted by Gasteiger charge is -2.13. The van der Waals surface area contributed by atoms with Crippen LogP contribution in [0.15, 0.2) is 29.4 Å². The average Bonchev–Trinajstić information content (AvgIpc) is 3.15. The summed E-state index contributed by atoms with van der Waals surface area (Å²) < 4.78 is 15.1. The Bertz CT molecular complexity index is 956. The maximum absolute atomic E-state index is 14.3. The third kappa shape index (κ3) is 5.99. The van der Waals surface area contributed by atoms with Gasteiger partial charge in [0.25, 0.3) is 0 Å². The normalized spacial score (nSPS) is 13.4. The van der Waals surface area contributed by atoms with E-state index in [4.69, 9.17) is 5.11 Å². The Labute approximate surface area is 182 Å². The van der Waals surface area contributed by atoms with Crippen molar-refractivity contribution in [3.63, 3.8) is 0 Å². The van der Waals surface area contributed by atoms with Gasteiger partial charge in [-0.1, -0.05) is 18.3 Å². The van der Waals surface area contributed by atoms with Gasteiger partial charge >= 0.3 is 0 Å². The minimum absolute atomic E-state index is 0.135. The standard InChI is InChI=1S/C19H25FN6O2S2/c1-11(7-22-18-23-9-12(29-2)10-24-18)8-25-19-26-15-6-14(20)13(5-16(15)30-19)17(28)21-3-4-27/h5-6,9-11,17,21,27-28H,3-4,7-8H2,1-2H3,(H,25,26)(H,22,23,24)/t11-,17?/m0/s1. The van der Waals surface area contributed by atoms with Crippen LogP contribution in [0.4, 0.5) is 15.5 Å². The molecule has 0 radical (unpaired) electrons. The number of hydrogen-bond donors (Lipinski definition) is 5. The topological polar surface area (TPSA) is 115 Å². The zero-order valence-electron chi connectivity index (χ0n) is 16.7. The van der Waals surface area contributed by atoms with Crippen molar-refractivity contribution in [1.29, 1.82) is 0 Å². The Balaban J connectivity index is 1.56. The Kier molecular flexibility index (Phi) is 8.16. The van der Waals surface area contributed by atoms with Crippen molar-refractivity contribution >= 4 is 44.4 Å². The smallest absolute Gasteiger partial charge is 0.222 e. The molecule has 3 aromatic rings. The van der Waals surface area contributed by atoms with E-state index in [1.165, 1.54) is 17.4 Å². The third-order valence-corrected chi connectivity index (χ3v) is 5.98. The van der Waals surface area contributed by atoms with Gasteiger partial charge in [0.15, 0.2) is 5.13 Å². The summed E-state index contributed by atoms with van der Waals surface area (Å²) in [4.78, 5) is 14.0. The quantitative estimate of drug-likeness (QED) is 0.221. The fraction of sp³-hybridized carbons (Fsp3) is 0.421. The number of aliphatic hydroxyl groups is 2. The lowest BCUT2D eigenvalue weighted by molar-refractivity contribution is 0.126. The maximum Gasteiger partial charge on any atom is 0.222 e. The molecule has 5 N–H and O–H groups in total. The van der Waals surface area contributed by atoms with Crippen LogP contribution in [0.2, 0.25) is 0 Å². The molecule has 0 saturated heterocycles. The lowest BCUT2D eigenvalue weighted by atomic mass is 10.1. The first kappa shape index (κ1) is 22.6. The van der Waals surface area contributed by atoms with Crippen molar-refractivity contribution in [2.75, 3.05) is 43.1 Å². The Morgan fingerprint density at radius 1 is 1.20 bits per heavy atom. The van der Waals surface area contributed by atoms with Gasteiger partial charge in [-0.15, -0.1) is 11.8 Å². The van der Waals surface area contributed by atoms with E-state index in [1.54, 1.807) is 30.2 Å². The van der Waals surface area contributed by atoms with E-state index in [0.29, 0.717) is 29.7 Å². The van der Waals surface area contributed by atoms with Crippen molar-refractivity contribution in [3.05, 3.63) is 35.9 Å². The van der Waals surface area contributed by atoms with Gasteiger partial charge in [-0.2, -0.15) is 0 Å². The van der Waals surface area contributed by atoms with Crippen molar-refractivity contribution in [1.82, 2.24) is 20.3 Å². The van der Waals surface area contributed by atoms with Crippen LogP contribution >= 0.6 is 23.1 Å². The zero-order valence-corrected chi connectivity index (χ0v) is 18.4. The Morgan fingerprint density at radius 3 is 2.63 bits per heavy atom. The van der Waals surface area contributed by atoms with Crippen LogP contribution in [0.25, 0.3) is 10.2 Å². The molecule has 30 heavy (non-hydrogen) atoms. The van der Waals surface area contributed by atoms with Gasteiger partial charge in [-0.05, 0) is 18.2 Å². The van der Waals surface area contributed by atoms with Crippen LogP contribution in [0.5, 0.6) is 0 Å². The number of anilines is 2. The van der Waals surface area contributed by atoms with Gasteiger partial charge in [0, 0.05) is 48.6 Å². The zero-order chi connectivity index (χ0) is 21.5. The molecule has 0 bridgehead atoms. The van der Waals surface area contributed by atoms with Crippen LogP contribution in [0.1, 0.15) is 18.7 Å². The summed E-state index contributed by atoms with van der Waals surface area (Å²) in [6.07, 6.45) is 4.37. The number of benzene rings is 1. The highest BCUT2D eigenvalue weighted by molar-refractivity contribution is 7.98. The van der Waals surface area contributed by atoms with E-state index >= 15 is 0 Å². The van der Waals surface area contributed by atoms with Crippen LogP contribution in [0, 0.1) is 11.7 Å². The molecule has 2 heterocycles. The number of fused-ring (bicyclic) bond motifs is 1. The summed E-state index contributed by atoms with van der Waals surface area (Å²) in [6, 6.07) is 2.90. The van der Waals surface area contributed by atoms with E-state index < -0.39 is 12.0 Å². The molecule has 0 amide bonds. The Hall–Kier alpha value is -2.05. The summed E-state index contributed by atoms with van der Waals surface area (Å²) in [5.41, 5.74) is 0.669. The lowest BCUT2D eigenvalue weighted by Crippen LogP contribution is -2.24. The molecule has 1 unspecified atom stereocenters. The minimum atomic E-state index is -1.18. The van der Waals surface area contributed by atoms with E-state index in [-0.39, 0.29) is 24.6 Å². The molecule has 3 rings (SSSR count). The molecule has 2 aromatic heterocycles. The predicted octanol–water partition coefficient (Wildman–Crippen LogP) is 2.68. The molecule has 0 fully saturated rings. The van der Waals surface area contributed by atoms with Crippen molar-refractivity contribution in [2.45, 2.75) is 18.0 Å². The number of hydrogen-bond acceptors (Lipinski definition) is 10. The summed E-state index contributed by atoms with van der Waals surface area (Å²) in [5, 5.41) is 28.7. The maximum atomic E-state index is 14.3. The second-order valence-electron chi connectivity index (χ2n) is 6.75. The molecule has 0 aliphatic rings. The first-order chi connectivity index (χ1) is 14.5. The highest BCUT2D eigenvalue weighted by Gasteiger charge is 2.16. The number of aromatic nitrogens is 3. The third-order valence-electron chi connectivity index (χ3n) is 4.33. The number of rotatable bonds is 11. The highest BCUT2D eigenvalue weighted by atomic mass is 32.2. The molecule has 162 valence electrons. The molecule has 0 spiro atoms. The number of nitrogens with zero attached hydrogens (tertiary/aromatic N) is 3. The van der Waals surface area contributed by atoms with Crippen molar-refractivity contribution in [2.24, 2.45) is 5.92 Å². The number of halogens is 1. The van der Waals surface area contributed by atoms with Crippen molar-refractivity contribution in [3.8, 4) is 0 Å². The SMILES string of the molecule is CSc1cnc(NC[C@H](C)CNc2nc3cc(F)c(C(O)NCCO)cc3s2)nc1. The fourth-order valence-electron chi connectivity index (χ4n) is 2.67. The molecule has 11 heteroatoms. The fourth-order valence-corrected chi connectivity index (χ4v) is 3.89. The first-order valence-corrected chi connectivity index (χ1v) is 11.5. The van der Waals surface area contributed by atoms with Gasteiger partial charge in [0.2, 0.25) is 5.95 Å². The van der Waals surface area contributed by atoms with Crippen LogP contribution in [-0.4, -0.2) is 57.7 Å². The largest absolute Gasteiger partial charge is 0.395 e. The van der Waals surface area contributed by atoms with Crippen LogP contribution < -0.4 is 16.0 Å². The average molecular weight is 453 g/mol. The highest BCUT2D eigenvalue weighted by Crippen LogP contribution is 2.30. The molecular weight excluding hydrogens is 427 g/mol. The molecule has 1 aromatic carbocycles. The van der Waals surface area contributed by atoms with Crippen LogP contribution in [0.3, 0.4) is 0 Å². The van der Waals surface area contributed by atoms with E-state index in [9.17, 15) is 9.50 Å². The predicted molar refractivity (Wildman–Crippen MR) is 120 cm³/mol. The van der Waals surface area contributed by atoms with Crippen molar-refractivity contribution < 1.29 is 14.6 Å². The van der Waals surface area contributed by atoms with Gasteiger partial charge in [0.05, 0.1) is 16.8 Å². The minimum Gasteiger partial charge on any atom is -0.395 e. The molecule has 0 saturated carbocycles. The van der Waals surface area contributed by atoms with Gasteiger partial charge in [-0.25, -0.2) is 19.3 Å². The van der Waals surface area contributed by atoms with E-state index in [2.05, 4.69) is 37.8 Å². The second-order valence-corrected chi connectivity index (χ2v) is 8.66. The van der Waals surface area contributed by atoms with Gasteiger partial charge in [0.1, 0.15) is 12.0 Å². The van der Waals surface area contributed by atoms with Crippen LogP contribution in [-0.2, 0) is 0 Å². The molecule has 0 aliphatic carbocycles. The number of thioether (sulfide) groups is 1. The summed E-state index contributed by atoms with van der Waals surface area (Å²) in [5.74, 6) is 0.330. The van der Waals surface area contributed by atoms with Gasteiger partial charge < -0.3 is 20.8 Å². The van der Waals surface area contributed by atoms with E-state index in [1.807, 2.05) is 6.26 Å². The van der Waals surface area contributed by atoms with E-state index in [0.717, 1.165) is 9.60 Å². The summed E-state index contributed by atoms with van der Waals surface area (Å²) >= 11 is 2.99. The monoisotopic (exact) mass is 452 g/mol. The number of nitrogens with one attached hydrogen (secondary N) is 3. The second kappa shape index (κ2) is 10.8. The molecule has 8 nitrogen and oxygen atoms in total. The summed E-state index contributed by atoms with van der Waals surface area (Å²) in [7, 11) is 0. The first-order valence-electron chi connectivity index (χ1n) is 9.46. The Morgan fingerprint density at radius 2 is 1.93 bits per heavy atom. The number of thiazole rings is 1. The molecule has 0 aliphatic heterocycles. The summed E-state index contributed by atoms with van der Waals surface area (Å²) in [6.45, 7) is 3.49. The molecular formula is C19H25FN6O2S2.